The molecule has 0 bridgehead atoms. The van der Waals surface area contributed by atoms with E-state index in [0.29, 0.717) is 0 Å². The Hall–Kier alpha value is -0.740. The van der Waals surface area contributed by atoms with Crippen molar-refractivity contribution in [3.05, 3.63) is 57.0 Å². The number of nitrogens with zero attached hydrogens (tertiary/aromatic N) is 2. The fourth-order valence-electron chi connectivity index (χ4n) is 1.26. The molecule has 0 aliphatic carbocycles. The smallest absolute Gasteiger partial charge is 0.0413 e. The minimum Gasteiger partial charge on any atom is -0.260 e. The summed E-state index contributed by atoms with van der Waals surface area (Å²) in [5, 5.41) is 0. The van der Waals surface area contributed by atoms with E-state index < -0.39 is 0 Å². The summed E-state index contributed by atoms with van der Waals surface area (Å²) in [6, 6.07) is 8.01. The zero-order chi connectivity index (χ0) is 16.1. The van der Waals surface area contributed by atoms with Crippen molar-refractivity contribution >= 4 is 31.9 Å². The number of aryl methyl sites for hydroxylation is 2. The molecule has 0 radical (unpaired) electrons. The van der Waals surface area contributed by atoms with Gasteiger partial charge in [0.25, 0.3) is 0 Å². The summed E-state index contributed by atoms with van der Waals surface area (Å²) in [6.07, 6.45) is 7.11. The fraction of sp³-hybridized carbons (Fsp3) is 0.412. The Morgan fingerprint density at radius 1 is 0.857 bits per heavy atom. The maximum atomic E-state index is 4.22. The Labute approximate surface area is 145 Å². The lowest BCUT2D eigenvalue weighted by Gasteiger charge is -1.95. The maximum Gasteiger partial charge on any atom is 0.0413 e. The van der Waals surface area contributed by atoms with E-state index >= 15 is 0 Å². The van der Waals surface area contributed by atoms with Crippen molar-refractivity contribution in [3.63, 3.8) is 0 Å². The molecule has 2 heterocycles. The van der Waals surface area contributed by atoms with Crippen LogP contribution in [0.4, 0.5) is 0 Å². The second-order valence-electron chi connectivity index (χ2n) is 4.54. The van der Waals surface area contributed by atoms with Gasteiger partial charge in [-0.15, -0.1) is 0 Å². The van der Waals surface area contributed by atoms with E-state index in [-0.39, 0.29) is 0 Å². The van der Waals surface area contributed by atoms with Gasteiger partial charge in [-0.3, -0.25) is 9.97 Å². The van der Waals surface area contributed by atoms with Gasteiger partial charge in [-0.1, -0.05) is 33.6 Å². The molecule has 116 valence electrons. The van der Waals surface area contributed by atoms with Crippen LogP contribution in [-0.4, -0.2) is 9.97 Å². The van der Waals surface area contributed by atoms with Crippen molar-refractivity contribution in [1.82, 2.24) is 9.97 Å². The van der Waals surface area contributed by atoms with Gasteiger partial charge in [0.15, 0.2) is 0 Å². The Morgan fingerprint density at radius 2 is 1.38 bits per heavy atom. The molecular weight excluding hydrogens is 392 g/mol. The van der Waals surface area contributed by atoms with Crippen molar-refractivity contribution in [2.24, 2.45) is 0 Å². The highest BCUT2D eigenvalue weighted by molar-refractivity contribution is 9.10. The van der Waals surface area contributed by atoms with Gasteiger partial charge in [-0.25, -0.2) is 0 Å². The van der Waals surface area contributed by atoms with E-state index in [2.05, 4.69) is 62.6 Å². The predicted molar refractivity (Wildman–Crippen MR) is 98.6 cm³/mol. The Bertz CT molecular complexity index is 446. The normalized spacial score (nSPS) is 9.05. The Kier molecular flexibility index (Phi) is 12.5. The Balaban J connectivity index is 0.000000327. The van der Waals surface area contributed by atoms with Crippen LogP contribution in [0.3, 0.4) is 0 Å². The van der Waals surface area contributed by atoms with E-state index in [1.54, 1.807) is 6.20 Å². The molecule has 0 saturated carbocycles. The van der Waals surface area contributed by atoms with Crippen molar-refractivity contribution in [3.8, 4) is 0 Å². The van der Waals surface area contributed by atoms with Gasteiger partial charge < -0.3 is 0 Å². The van der Waals surface area contributed by atoms with Crippen molar-refractivity contribution in [1.29, 1.82) is 0 Å². The average Bonchev–Trinajstić information content (AvgIpc) is 2.47. The molecule has 0 spiro atoms. The highest BCUT2D eigenvalue weighted by Crippen LogP contribution is 2.08. The first-order chi connectivity index (χ1) is 10.0. The first-order valence-electron chi connectivity index (χ1n) is 7.22. The van der Waals surface area contributed by atoms with Crippen LogP contribution in [0.2, 0.25) is 0 Å². The van der Waals surface area contributed by atoms with Crippen LogP contribution in [-0.2, 0) is 6.42 Å². The summed E-state index contributed by atoms with van der Waals surface area (Å²) < 4.78 is 2.08. The van der Waals surface area contributed by atoms with Gasteiger partial charge in [0, 0.05) is 32.7 Å². The summed E-state index contributed by atoms with van der Waals surface area (Å²) >= 11 is 6.62. The van der Waals surface area contributed by atoms with Gasteiger partial charge >= 0.3 is 0 Å². The molecule has 0 unspecified atom stereocenters. The first kappa shape index (κ1) is 20.3. The van der Waals surface area contributed by atoms with Gasteiger partial charge in [-0.2, -0.15) is 0 Å². The molecule has 0 aromatic carbocycles. The van der Waals surface area contributed by atoms with Crippen LogP contribution in [0.1, 0.15) is 45.0 Å². The summed E-state index contributed by atoms with van der Waals surface area (Å²) in [4.78, 5) is 8.25. The van der Waals surface area contributed by atoms with Gasteiger partial charge in [0.1, 0.15) is 0 Å². The summed E-state index contributed by atoms with van der Waals surface area (Å²) in [5.74, 6) is 0. The van der Waals surface area contributed by atoms with Crippen molar-refractivity contribution in [2.45, 2.75) is 47.0 Å². The zero-order valence-electron chi connectivity index (χ0n) is 13.2. The summed E-state index contributed by atoms with van der Waals surface area (Å²) in [5.41, 5.74) is 2.22. The number of aromatic nitrogens is 2. The van der Waals surface area contributed by atoms with Crippen LogP contribution in [0, 0.1) is 6.92 Å². The lowest BCUT2D eigenvalue weighted by atomic mass is 10.2. The van der Waals surface area contributed by atoms with Crippen LogP contribution in [0.15, 0.2) is 45.6 Å². The fourth-order valence-corrected chi connectivity index (χ4v) is 1.73. The lowest BCUT2D eigenvalue weighted by Crippen LogP contribution is -1.86. The molecule has 2 nitrogen and oxygen atoms in total. The van der Waals surface area contributed by atoms with E-state index in [1.165, 1.54) is 12.1 Å². The molecule has 21 heavy (non-hydrogen) atoms. The topological polar surface area (TPSA) is 25.8 Å². The van der Waals surface area contributed by atoms with Crippen molar-refractivity contribution in [2.75, 3.05) is 0 Å². The highest BCUT2D eigenvalue weighted by atomic mass is 79.9. The van der Waals surface area contributed by atoms with Crippen LogP contribution in [0.25, 0.3) is 0 Å². The third-order valence-electron chi connectivity index (χ3n) is 2.17. The summed E-state index contributed by atoms with van der Waals surface area (Å²) in [6.45, 7) is 8.37. The second-order valence-corrected chi connectivity index (χ2v) is 6.37. The van der Waals surface area contributed by atoms with E-state index in [9.17, 15) is 0 Å². The van der Waals surface area contributed by atoms with E-state index in [0.717, 1.165) is 27.5 Å². The molecule has 2 aromatic rings. The van der Waals surface area contributed by atoms with Crippen molar-refractivity contribution < 1.29 is 0 Å². The highest BCUT2D eigenvalue weighted by Gasteiger charge is 1.90. The third-order valence-corrected chi connectivity index (χ3v) is 3.11. The molecule has 0 amide bonds. The largest absolute Gasteiger partial charge is 0.260 e. The maximum absolute atomic E-state index is 4.22. The van der Waals surface area contributed by atoms with E-state index in [4.69, 9.17) is 0 Å². The van der Waals surface area contributed by atoms with Gasteiger partial charge in [0.05, 0.1) is 0 Å². The molecule has 2 rings (SSSR count). The van der Waals surface area contributed by atoms with Crippen LogP contribution < -0.4 is 0 Å². The minimum absolute atomic E-state index is 1.03. The summed E-state index contributed by atoms with van der Waals surface area (Å²) in [7, 11) is 0. The standard InChI is InChI=1S/C8H10BrN.C6H6BrN.C3H8/c1-2-3-8-5-4-7(9)6-10-8;1-5-2-3-6(7)4-8-5;1-3-2/h4-6H,2-3H2,1H3;2-4H,1H3;3H2,1-2H3. The number of hydrogen-bond donors (Lipinski definition) is 0. The Morgan fingerprint density at radius 3 is 1.71 bits per heavy atom. The SMILES string of the molecule is CCC.CCCc1ccc(Br)cn1.Cc1ccc(Br)cn1. The molecule has 0 fully saturated rings. The number of rotatable bonds is 2. The molecule has 2 aromatic heterocycles. The van der Waals surface area contributed by atoms with Gasteiger partial charge in [-0.05, 0) is 69.5 Å². The third kappa shape index (κ3) is 11.6. The van der Waals surface area contributed by atoms with Crippen LogP contribution >= 0.6 is 31.9 Å². The molecule has 0 atom stereocenters. The number of halogens is 2. The molecule has 4 heteroatoms. The molecule has 0 saturated heterocycles. The van der Waals surface area contributed by atoms with E-state index in [1.807, 2.05) is 37.4 Å². The quantitative estimate of drug-likeness (QED) is 0.569. The molecular formula is C17H24Br2N2. The second kappa shape index (κ2) is 13.0. The minimum atomic E-state index is 1.03. The van der Waals surface area contributed by atoms with Gasteiger partial charge in [0.2, 0.25) is 0 Å². The zero-order valence-corrected chi connectivity index (χ0v) is 16.4. The molecule has 0 aliphatic rings. The monoisotopic (exact) mass is 414 g/mol. The first-order valence-corrected chi connectivity index (χ1v) is 8.80. The molecule has 0 aliphatic heterocycles. The lowest BCUT2D eigenvalue weighted by molar-refractivity contribution is 0.881. The number of pyridine rings is 2. The molecule has 0 N–H and O–H groups in total. The average molecular weight is 416 g/mol. The predicted octanol–water partition coefficient (Wildman–Crippen LogP) is 6.37. The number of hydrogen-bond acceptors (Lipinski definition) is 2. The van der Waals surface area contributed by atoms with Crippen LogP contribution in [0.5, 0.6) is 0 Å².